The summed E-state index contributed by atoms with van der Waals surface area (Å²) in [6.07, 6.45) is 3.37. The van der Waals surface area contributed by atoms with Gasteiger partial charge < -0.3 is 20.1 Å². The maximum atomic E-state index is 11.6. The van der Waals surface area contributed by atoms with Crippen molar-refractivity contribution in [3.63, 3.8) is 0 Å². The van der Waals surface area contributed by atoms with E-state index in [1.165, 1.54) is 0 Å². The number of benzene rings is 1. The van der Waals surface area contributed by atoms with E-state index < -0.39 is 0 Å². The van der Waals surface area contributed by atoms with E-state index in [1.54, 1.807) is 0 Å². The molecule has 0 bridgehead atoms. The molecule has 1 aliphatic heterocycles. The number of amides is 1. The van der Waals surface area contributed by atoms with Crippen molar-refractivity contribution >= 4 is 5.91 Å². The number of carbonyl (C=O) groups is 1. The third-order valence-electron chi connectivity index (χ3n) is 3.40. The topological polar surface area (TPSA) is 59.6 Å². The van der Waals surface area contributed by atoms with E-state index in [0.29, 0.717) is 25.0 Å². The molecule has 1 saturated heterocycles. The standard InChI is InChI=1S/C16H24N2O3/c19-16(13-21-14-5-2-1-3-6-14)18-9-4-12-20-15-7-10-17-11-8-15/h1-3,5-6,15,17H,4,7-13H2,(H,18,19). The summed E-state index contributed by atoms with van der Waals surface area (Å²) in [7, 11) is 0. The Morgan fingerprint density at radius 3 is 2.76 bits per heavy atom. The number of piperidine rings is 1. The van der Waals surface area contributed by atoms with Gasteiger partial charge >= 0.3 is 0 Å². The van der Waals surface area contributed by atoms with Gasteiger partial charge in [0, 0.05) is 13.2 Å². The zero-order chi connectivity index (χ0) is 14.8. The lowest BCUT2D eigenvalue weighted by Crippen LogP contribution is -2.33. The number of rotatable bonds is 8. The van der Waals surface area contributed by atoms with Gasteiger partial charge in [0.15, 0.2) is 6.61 Å². The van der Waals surface area contributed by atoms with E-state index in [2.05, 4.69) is 10.6 Å². The van der Waals surface area contributed by atoms with Crippen LogP contribution in [0.3, 0.4) is 0 Å². The van der Waals surface area contributed by atoms with Gasteiger partial charge in [-0.1, -0.05) is 18.2 Å². The van der Waals surface area contributed by atoms with Crippen LogP contribution in [0.1, 0.15) is 19.3 Å². The minimum atomic E-state index is -0.0966. The molecule has 0 atom stereocenters. The van der Waals surface area contributed by atoms with Gasteiger partial charge in [0.1, 0.15) is 5.75 Å². The first-order valence-corrected chi connectivity index (χ1v) is 7.61. The molecule has 1 aromatic carbocycles. The Labute approximate surface area is 126 Å². The van der Waals surface area contributed by atoms with Crippen LogP contribution in [0.5, 0.6) is 5.75 Å². The average molecular weight is 292 g/mol. The van der Waals surface area contributed by atoms with Gasteiger partial charge in [-0.25, -0.2) is 0 Å². The molecule has 1 fully saturated rings. The van der Waals surface area contributed by atoms with Gasteiger partial charge in [0.25, 0.3) is 5.91 Å². The van der Waals surface area contributed by atoms with Gasteiger partial charge in [0.2, 0.25) is 0 Å². The first kappa shape index (κ1) is 15.8. The molecule has 0 unspecified atom stereocenters. The molecule has 0 aromatic heterocycles. The fourth-order valence-corrected chi connectivity index (χ4v) is 2.23. The average Bonchev–Trinajstić information content (AvgIpc) is 2.54. The molecule has 5 heteroatoms. The quantitative estimate of drug-likeness (QED) is 0.710. The van der Waals surface area contributed by atoms with Crippen LogP contribution in [0.4, 0.5) is 0 Å². The molecule has 1 amide bonds. The second-order valence-electron chi connectivity index (χ2n) is 5.13. The van der Waals surface area contributed by atoms with Crippen LogP contribution in [0.2, 0.25) is 0 Å². The summed E-state index contributed by atoms with van der Waals surface area (Å²) < 4.78 is 11.1. The predicted molar refractivity (Wildman–Crippen MR) is 81.4 cm³/mol. The molecule has 1 aliphatic rings. The Balaban J connectivity index is 1.47. The zero-order valence-corrected chi connectivity index (χ0v) is 12.3. The molecule has 2 rings (SSSR count). The monoisotopic (exact) mass is 292 g/mol. The molecule has 0 aliphatic carbocycles. The van der Waals surface area contributed by atoms with E-state index in [9.17, 15) is 4.79 Å². The highest BCUT2D eigenvalue weighted by molar-refractivity contribution is 5.77. The zero-order valence-electron chi connectivity index (χ0n) is 12.3. The van der Waals surface area contributed by atoms with Crippen molar-refractivity contribution in [1.29, 1.82) is 0 Å². The maximum Gasteiger partial charge on any atom is 0.257 e. The Morgan fingerprint density at radius 1 is 1.24 bits per heavy atom. The molecule has 1 aromatic rings. The first-order valence-electron chi connectivity index (χ1n) is 7.61. The number of hydrogen-bond donors (Lipinski definition) is 2. The summed E-state index contributed by atoms with van der Waals surface area (Å²) >= 11 is 0. The Hall–Kier alpha value is -1.59. The van der Waals surface area contributed by atoms with Crippen molar-refractivity contribution in [1.82, 2.24) is 10.6 Å². The Kier molecular flexibility index (Phi) is 7.04. The highest BCUT2D eigenvalue weighted by Crippen LogP contribution is 2.08. The molecule has 5 nitrogen and oxygen atoms in total. The van der Waals surface area contributed by atoms with Crippen molar-refractivity contribution in [2.24, 2.45) is 0 Å². The number of carbonyl (C=O) groups excluding carboxylic acids is 1. The minimum Gasteiger partial charge on any atom is -0.484 e. The number of ether oxygens (including phenoxy) is 2. The molecule has 0 radical (unpaired) electrons. The molecule has 116 valence electrons. The molecular weight excluding hydrogens is 268 g/mol. The van der Waals surface area contributed by atoms with Crippen LogP contribution in [0.15, 0.2) is 30.3 Å². The summed E-state index contributed by atoms with van der Waals surface area (Å²) in [5, 5.41) is 6.14. The van der Waals surface area contributed by atoms with Crippen LogP contribution in [0, 0.1) is 0 Å². The summed E-state index contributed by atoms with van der Waals surface area (Å²) in [5.41, 5.74) is 0. The van der Waals surface area contributed by atoms with Crippen molar-refractivity contribution in [2.75, 3.05) is 32.8 Å². The summed E-state index contributed by atoms with van der Waals surface area (Å²) in [5.74, 6) is 0.614. The van der Waals surface area contributed by atoms with Gasteiger partial charge in [-0.2, -0.15) is 0 Å². The Morgan fingerprint density at radius 2 is 2.00 bits per heavy atom. The van der Waals surface area contributed by atoms with E-state index in [1.807, 2.05) is 30.3 Å². The SMILES string of the molecule is O=C(COc1ccccc1)NCCCOC1CCNCC1. The molecule has 2 N–H and O–H groups in total. The lowest BCUT2D eigenvalue weighted by molar-refractivity contribution is -0.123. The maximum absolute atomic E-state index is 11.6. The molecule has 1 heterocycles. The van der Waals surface area contributed by atoms with E-state index >= 15 is 0 Å². The fraction of sp³-hybridized carbons (Fsp3) is 0.562. The van der Waals surface area contributed by atoms with Crippen molar-refractivity contribution in [2.45, 2.75) is 25.4 Å². The summed E-state index contributed by atoms with van der Waals surface area (Å²) in [4.78, 5) is 11.6. The highest BCUT2D eigenvalue weighted by Gasteiger charge is 2.12. The summed E-state index contributed by atoms with van der Waals surface area (Å²) in [6.45, 7) is 3.46. The van der Waals surface area contributed by atoms with E-state index in [4.69, 9.17) is 9.47 Å². The van der Waals surface area contributed by atoms with Crippen LogP contribution in [-0.4, -0.2) is 44.9 Å². The summed E-state index contributed by atoms with van der Waals surface area (Å²) in [6, 6.07) is 9.34. The Bertz CT molecular complexity index is 405. The van der Waals surface area contributed by atoms with Gasteiger partial charge in [-0.15, -0.1) is 0 Å². The number of para-hydroxylation sites is 1. The third kappa shape index (κ3) is 6.60. The van der Waals surface area contributed by atoms with E-state index in [0.717, 1.165) is 32.4 Å². The van der Waals surface area contributed by atoms with Gasteiger partial charge in [-0.3, -0.25) is 4.79 Å². The molecule has 0 saturated carbocycles. The molecule has 0 spiro atoms. The van der Waals surface area contributed by atoms with Crippen LogP contribution < -0.4 is 15.4 Å². The van der Waals surface area contributed by atoms with Crippen molar-refractivity contribution < 1.29 is 14.3 Å². The largest absolute Gasteiger partial charge is 0.484 e. The minimum absolute atomic E-state index is 0.0547. The highest BCUT2D eigenvalue weighted by atomic mass is 16.5. The fourth-order valence-electron chi connectivity index (χ4n) is 2.23. The second-order valence-corrected chi connectivity index (χ2v) is 5.13. The van der Waals surface area contributed by atoms with Crippen LogP contribution in [-0.2, 0) is 9.53 Å². The van der Waals surface area contributed by atoms with Crippen LogP contribution in [0.25, 0.3) is 0 Å². The molecular formula is C16H24N2O3. The molecule has 21 heavy (non-hydrogen) atoms. The third-order valence-corrected chi connectivity index (χ3v) is 3.40. The van der Waals surface area contributed by atoms with Crippen molar-refractivity contribution in [3.05, 3.63) is 30.3 Å². The lowest BCUT2D eigenvalue weighted by atomic mass is 10.1. The second kappa shape index (κ2) is 9.37. The van der Waals surface area contributed by atoms with Crippen LogP contribution >= 0.6 is 0 Å². The lowest BCUT2D eigenvalue weighted by Gasteiger charge is -2.22. The smallest absolute Gasteiger partial charge is 0.257 e. The number of hydrogen-bond acceptors (Lipinski definition) is 4. The van der Waals surface area contributed by atoms with Gasteiger partial charge in [0.05, 0.1) is 6.10 Å². The van der Waals surface area contributed by atoms with Crippen molar-refractivity contribution in [3.8, 4) is 5.75 Å². The van der Waals surface area contributed by atoms with E-state index in [-0.39, 0.29) is 12.5 Å². The number of nitrogens with one attached hydrogen (secondary N) is 2. The predicted octanol–water partition coefficient (Wildman–Crippen LogP) is 1.34. The normalized spacial score (nSPS) is 15.6. The van der Waals surface area contributed by atoms with Gasteiger partial charge in [-0.05, 0) is 44.5 Å². The first-order chi connectivity index (χ1) is 10.3.